The van der Waals surface area contributed by atoms with Crippen LogP contribution in [0.1, 0.15) is 6.92 Å². The van der Waals surface area contributed by atoms with Gasteiger partial charge in [0, 0.05) is 0 Å². The Labute approximate surface area is 86.7 Å². The van der Waals surface area contributed by atoms with Crippen LogP contribution in [-0.2, 0) is 4.74 Å². The fourth-order valence-electron chi connectivity index (χ4n) is 0.770. The highest BCUT2D eigenvalue weighted by molar-refractivity contribution is 5.67. The Kier molecular flexibility index (Phi) is 4.45. The second kappa shape index (κ2) is 4.79. The molecule has 0 saturated carbocycles. The number of halogens is 6. The van der Waals surface area contributed by atoms with Gasteiger partial charge in [-0.25, -0.2) is 18.0 Å². The van der Waals surface area contributed by atoms with Crippen molar-refractivity contribution in [3.05, 3.63) is 0 Å². The molecule has 0 saturated heterocycles. The molecule has 0 aromatic rings. The molecule has 0 aliphatic rings. The molecule has 0 fully saturated rings. The van der Waals surface area contributed by atoms with Gasteiger partial charge in [-0.1, -0.05) is 0 Å². The summed E-state index contributed by atoms with van der Waals surface area (Å²) in [5.74, 6) is -4.77. The molecule has 0 radical (unpaired) electrons. The molecule has 0 aromatic carbocycles. The maximum atomic E-state index is 12.8. The molecule has 2 atom stereocenters. The first-order valence-corrected chi connectivity index (χ1v) is 3.96. The molecule has 0 aliphatic carbocycles. The van der Waals surface area contributed by atoms with Crippen molar-refractivity contribution in [1.82, 2.24) is 5.32 Å². The van der Waals surface area contributed by atoms with E-state index in [0.29, 0.717) is 6.92 Å². The lowest BCUT2D eigenvalue weighted by atomic mass is 10.1. The smallest absolute Gasteiger partial charge is 0.425 e. The molecule has 0 rings (SSSR count). The zero-order valence-corrected chi connectivity index (χ0v) is 8.24. The molecule has 2 unspecified atom stereocenters. The molecule has 0 aliphatic heterocycles. The lowest BCUT2D eigenvalue weighted by Gasteiger charge is -2.28. The van der Waals surface area contributed by atoms with Gasteiger partial charge in [0.1, 0.15) is 0 Å². The Morgan fingerprint density at radius 3 is 2.00 bits per heavy atom. The minimum Gasteiger partial charge on any atom is -0.453 e. The van der Waals surface area contributed by atoms with Gasteiger partial charge in [0.15, 0.2) is 0 Å². The maximum Gasteiger partial charge on any atom is 0.425 e. The van der Waals surface area contributed by atoms with Gasteiger partial charge in [0.05, 0.1) is 13.2 Å². The van der Waals surface area contributed by atoms with Crippen LogP contribution in [0.5, 0.6) is 0 Å². The molecular weight excluding hydrogens is 244 g/mol. The molecule has 96 valence electrons. The molecule has 0 heterocycles. The Balaban J connectivity index is 4.71. The van der Waals surface area contributed by atoms with E-state index in [-0.39, 0.29) is 0 Å². The summed E-state index contributed by atoms with van der Waals surface area (Å²) in [4.78, 5) is 10.5. The number of hydrogen-bond donors (Lipinski definition) is 1. The number of alkyl halides is 6. The van der Waals surface area contributed by atoms with Gasteiger partial charge in [0.25, 0.3) is 6.17 Å². The van der Waals surface area contributed by atoms with E-state index in [2.05, 4.69) is 4.74 Å². The van der Waals surface area contributed by atoms with Crippen molar-refractivity contribution in [1.29, 1.82) is 0 Å². The van der Waals surface area contributed by atoms with Crippen molar-refractivity contribution in [2.24, 2.45) is 0 Å². The van der Waals surface area contributed by atoms with Crippen LogP contribution in [0.2, 0.25) is 0 Å². The normalized spacial score (nSPS) is 16.5. The minimum atomic E-state index is -5.70. The van der Waals surface area contributed by atoms with Crippen molar-refractivity contribution in [2.75, 3.05) is 7.11 Å². The van der Waals surface area contributed by atoms with Crippen LogP contribution in [0.15, 0.2) is 0 Å². The van der Waals surface area contributed by atoms with Crippen LogP contribution in [-0.4, -0.2) is 37.5 Å². The third-order valence-electron chi connectivity index (χ3n) is 1.72. The zero-order valence-electron chi connectivity index (χ0n) is 8.24. The average Bonchev–Trinajstić information content (AvgIpc) is 2.14. The van der Waals surface area contributed by atoms with E-state index in [4.69, 9.17) is 0 Å². The van der Waals surface area contributed by atoms with E-state index >= 15 is 0 Å². The summed E-state index contributed by atoms with van der Waals surface area (Å²) in [6, 6.07) is -2.35. The van der Waals surface area contributed by atoms with E-state index in [9.17, 15) is 31.1 Å². The van der Waals surface area contributed by atoms with Crippen LogP contribution in [0.25, 0.3) is 0 Å². The maximum absolute atomic E-state index is 12.8. The van der Waals surface area contributed by atoms with Gasteiger partial charge < -0.3 is 10.1 Å². The Hall–Kier alpha value is -1.15. The average molecular weight is 253 g/mol. The lowest BCUT2D eigenvalue weighted by Crippen LogP contribution is -2.55. The monoisotopic (exact) mass is 253 g/mol. The first kappa shape index (κ1) is 14.8. The first-order valence-electron chi connectivity index (χ1n) is 3.96. The Morgan fingerprint density at radius 1 is 1.25 bits per heavy atom. The van der Waals surface area contributed by atoms with Crippen LogP contribution in [0.3, 0.4) is 0 Å². The van der Waals surface area contributed by atoms with Gasteiger partial charge in [-0.15, -0.1) is 0 Å². The van der Waals surface area contributed by atoms with Gasteiger partial charge in [-0.2, -0.15) is 13.2 Å². The van der Waals surface area contributed by atoms with Crippen LogP contribution < -0.4 is 5.32 Å². The molecule has 0 spiro atoms. The highest BCUT2D eigenvalue weighted by Crippen LogP contribution is 2.36. The van der Waals surface area contributed by atoms with E-state index in [1.54, 1.807) is 0 Å². The molecule has 1 N–H and O–H groups in total. The van der Waals surface area contributed by atoms with Crippen LogP contribution in [0, 0.1) is 0 Å². The third kappa shape index (κ3) is 3.46. The number of rotatable bonds is 3. The van der Waals surface area contributed by atoms with Crippen molar-refractivity contribution < 1.29 is 35.9 Å². The minimum absolute atomic E-state index is 0.537. The lowest BCUT2D eigenvalue weighted by molar-refractivity contribution is -0.249. The summed E-state index contributed by atoms with van der Waals surface area (Å²) in [6.45, 7) is 0.537. The Bertz CT molecular complexity index is 254. The first-order chi connectivity index (χ1) is 7.03. The van der Waals surface area contributed by atoms with Crippen LogP contribution >= 0.6 is 0 Å². The van der Waals surface area contributed by atoms with Crippen LogP contribution in [0.4, 0.5) is 31.1 Å². The second-order valence-corrected chi connectivity index (χ2v) is 2.94. The summed E-state index contributed by atoms with van der Waals surface area (Å²) < 4.78 is 77.2. The zero-order chi connectivity index (χ0) is 13.1. The quantitative estimate of drug-likeness (QED) is 0.783. The summed E-state index contributed by atoms with van der Waals surface area (Å²) in [6.07, 6.45) is -11.4. The second-order valence-electron chi connectivity index (χ2n) is 2.94. The predicted octanol–water partition coefficient (Wildman–Crippen LogP) is 2.27. The van der Waals surface area contributed by atoms with E-state index < -0.39 is 30.4 Å². The number of nitrogens with one attached hydrogen (secondary N) is 1. The van der Waals surface area contributed by atoms with Crippen molar-refractivity contribution in [3.8, 4) is 0 Å². The summed E-state index contributed by atoms with van der Waals surface area (Å²) >= 11 is 0. The molecule has 16 heavy (non-hydrogen) atoms. The van der Waals surface area contributed by atoms with Crippen molar-refractivity contribution in [2.45, 2.75) is 31.2 Å². The number of hydrogen-bond acceptors (Lipinski definition) is 2. The number of carbonyl (C=O) groups is 1. The highest BCUT2D eigenvalue weighted by atomic mass is 19.4. The summed E-state index contributed by atoms with van der Waals surface area (Å²) in [5.41, 5.74) is 0. The molecular formula is C7H9F6NO2. The number of methoxy groups -OCH3 is 1. The van der Waals surface area contributed by atoms with Gasteiger partial charge in [-0.05, 0) is 6.92 Å². The largest absolute Gasteiger partial charge is 0.453 e. The molecule has 1 amide bonds. The number of ether oxygens (including phenoxy) is 1. The topological polar surface area (TPSA) is 38.3 Å². The number of alkyl carbamates (subject to hydrolysis) is 1. The number of amides is 1. The van der Waals surface area contributed by atoms with E-state index in [1.807, 2.05) is 0 Å². The Morgan fingerprint density at radius 2 is 1.69 bits per heavy atom. The van der Waals surface area contributed by atoms with Crippen molar-refractivity contribution >= 4 is 6.09 Å². The molecule has 3 nitrogen and oxygen atoms in total. The molecule has 0 bridgehead atoms. The highest BCUT2D eigenvalue weighted by Gasteiger charge is 2.59. The SMILES string of the molecule is COC(=O)NC(C)C(F)(F)C(F)C(F)(F)F. The fourth-order valence-corrected chi connectivity index (χ4v) is 0.770. The van der Waals surface area contributed by atoms with Gasteiger partial charge >= 0.3 is 18.2 Å². The van der Waals surface area contributed by atoms with E-state index in [1.165, 1.54) is 5.32 Å². The van der Waals surface area contributed by atoms with Crippen molar-refractivity contribution in [3.63, 3.8) is 0 Å². The predicted molar refractivity (Wildman–Crippen MR) is 40.9 cm³/mol. The summed E-state index contributed by atoms with van der Waals surface area (Å²) in [7, 11) is 0.830. The third-order valence-corrected chi connectivity index (χ3v) is 1.72. The standard InChI is InChI=1S/C7H9F6NO2/c1-3(14-5(15)16-2)6(9,10)4(8)7(11,12)13/h3-4H,1-2H3,(H,14,15). The van der Waals surface area contributed by atoms with Gasteiger partial charge in [-0.3, -0.25) is 0 Å². The van der Waals surface area contributed by atoms with E-state index in [0.717, 1.165) is 7.11 Å². The summed E-state index contributed by atoms with van der Waals surface area (Å²) in [5, 5.41) is 1.37. The molecule has 0 aromatic heterocycles. The fraction of sp³-hybridized carbons (Fsp3) is 0.857. The molecule has 9 heteroatoms. The number of carbonyl (C=O) groups excluding carboxylic acids is 1. The van der Waals surface area contributed by atoms with Gasteiger partial charge in [0.2, 0.25) is 0 Å².